The van der Waals surface area contributed by atoms with Crippen LogP contribution in [0.2, 0.25) is 0 Å². The molecule has 1 heterocycles. The van der Waals surface area contributed by atoms with Crippen LogP contribution in [0.4, 0.5) is 0 Å². The van der Waals surface area contributed by atoms with E-state index >= 15 is 0 Å². The minimum Gasteiger partial charge on any atom is -0.481 e. The Balaban J connectivity index is 0.000000677. The maximum Gasteiger partial charge on any atom is 0.469 e. The largest absolute Gasteiger partial charge is 0.481 e. The van der Waals surface area contributed by atoms with Crippen LogP contribution < -0.4 is 5.30 Å². The van der Waals surface area contributed by atoms with E-state index in [1.165, 1.54) is 30.3 Å². The minimum absolute atomic E-state index is 0.00447. The van der Waals surface area contributed by atoms with Crippen molar-refractivity contribution < 1.29 is 87.7 Å². The third-order valence-corrected chi connectivity index (χ3v) is 8.21. The first kappa shape index (κ1) is 46.6. The molecular weight excluding hydrogens is 738 g/mol. The van der Waals surface area contributed by atoms with Crippen LogP contribution in [0.5, 0.6) is 0 Å². The zero-order chi connectivity index (χ0) is 40.4. The zero-order valence-electron chi connectivity index (χ0n) is 27.6. The van der Waals surface area contributed by atoms with Gasteiger partial charge >= 0.3 is 43.6 Å². The van der Waals surface area contributed by atoms with Crippen molar-refractivity contribution in [3.05, 3.63) is 89.0 Å². The average Bonchev–Trinajstić information content (AvgIpc) is 3.03. The predicted octanol–water partition coefficient (Wildman–Crippen LogP) is 2.88. The molecule has 52 heavy (non-hydrogen) atoms. The standard InChI is InChI=1S/C12H14O4.C9H11O4P.C6H4N2O4.C3H7O6P/c1-12(2,3)9-5-7(10(13)14)4-8(6-9)11(15)16;10-9(11)6-7-14(12,13)8-4-2-1-3-5-8;9-5(10)3-4(6(11)12)8-2-1-7-3;4-3(5)1-2-9-10(6,7)8/h4-6H,1-3H3,(H,13,14)(H,15,16);1-5H,6-7H2,(H,10,11)(H,12,13);1-2H,(H,9,10)(H,11,12);1-2H2,(H,4,5)(H2,6,7,8). The molecule has 22 heteroatoms. The number of carboxylic acid groups (broad SMARTS) is 6. The molecule has 1 unspecified atom stereocenters. The van der Waals surface area contributed by atoms with Crippen LogP contribution >= 0.6 is 15.2 Å². The van der Waals surface area contributed by atoms with Crippen molar-refractivity contribution in [2.75, 3.05) is 12.8 Å². The molecule has 0 saturated carbocycles. The SMILES string of the molecule is CC(C)(C)c1cc(C(=O)O)cc(C(=O)O)c1.O=C(O)CCOP(=O)(O)O.O=C(O)CCP(=O)(O)c1ccccc1.O=C(O)c1nccnc1C(=O)O. The maximum atomic E-state index is 11.6. The highest BCUT2D eigenvalue weighted by molar-refractivity contribution is 7.66. The van der Waals surface area contributed by atoms with Gasteiger partial charge in [0.2, 0.25) is 7.37 Å². The number of hydrogen-bond donors (Lipinski definition) is 9. The number of nitrogens with zero attached hydrogens (tertiary/aromatic N) is 2. The van der Waals surface area contributed by atoms with Crippen molar-refractivity contribution in [3.63, 3.8) is 0 Å². The second-order valence-corrected chi connectivity index (χ2v) is 14.5. The summed E-state index contributed by atoms with van der Waals surface area (Å²) in [5.41, 5.74) is -0.676. The number of carbonyl (C=O) groups is 6. The van der Waals surface area contributed by atoms with Gasteiger partial charge in [-0.25, -0.2) is 33.7 Å². The van der Waals surface area contributed by atoms with E-state index in [-0.39, 0.29) is 29.1 Å². The van der Waals surface area contributed by atoms with E-state index < -0.39 is 75.4 Å². The summed E-state index contributed by atoms with van der Waals surface area (Å²) < 4.78 is 25.3. The van der Waals surface area contributed by atoms with Gasteiger partial charge in [0.05, 0.1) is 30.6 Å². The fourth-order valence-electron chi connectivity index (χ4n) is 3.25. The average molecular weight is 775 g/mol. The summed E-state index contributed by atoms with van der Waals surface area (Å²) in [5, 5.41) is 51.3. The normalized spacial score (nSPS) is 11.7. The smallest absolute Gasteiger partial charge is 0.469 e. The Labute approximate surface area is 294 Å². The molecule has 0 amide bonds. The van der Waals surface area contributed by atoms with Crippen molar-refractivity contribution in [2.24, 2.45) is 0 Å². The minimum atomic E-state index is -4.49. The lowest BCUT2D eigenvalue weighted by Crippen LogP contribution is -2.14. The number of hydrogen-bond acceptors (Lipinski definition) is 11. The highest BCUT2D eigenvalue weighted by Crippen LogP contribution is 2.39. The molecule has 0 spiro atoms. The third-order valence-electron chi connectivity index (χ3n) is 5.76. The summed E-state index contributed by atoms with van der Waals surface area (Å²) in [5.74, 6) is -7.26. The fourth-order valence-corrected chi connectivity index (χ4v) is 4.97. The van der Waals surface area contributed by atoms with Gasteiger partial charge in [-0.15, -0.1) is 0 Å². The van der Waals surface area contributed by atoms with Gasteiger partial charge in [-0.1, -0.05) is 39.0 Å². The maximum absolute atomic E-state index is 11.6. The molecule has 284 valence electrons. The van der Waals surface area contributed by atoms with E-state index in [4.69, 9.17) is 40.4 Å². The van der Waals surface area contributed by atoms with Crippen LogP contribution in [0.1, 0.15) is 80.9 Å². The summed E-state index contributed by atoms with van der Waals surface area (Å²) in [4.78, 5) is 94.7. The van der Waals surface area contributed by atoms with Crippen molar-refractivity contribution >= 4 is 56.3 Å². The first-order valence-electron chi connectivity index (χ1n) is 14.2. The van der Waals surface area contributed by atoms with Gasteiger partial charge in [0.25, 0.3) is 0 Å². The molecule has 1 atom stereocenters. The summed E-state index contributed by atoms with van der Waals surface area (Å²) in [6, 6.07) is 12.3. The number of aliphatic carboxylic acids is 2. The molecular formula is C30H36N2O18P2. The topological polar surface area (TPSA) is 354 Å². The number of phosphoric ester groups is 1. The zero-order valence-corrected chi connectivity index (χ0v) is 29.4. The van der Waals surface area contributed by atoms with Gasteiger partial charge in [-0.3, -0.25) is 18.7 Å². The molecule has 0 aliphatic carbocycles. The van der Waals surface area contributed by atoms with Crippen LogP contribution in [0.15, 0.2) is 60.9 Å². The van der Waals surface area contributed by atoms with Gasteiger partial charge in [0, 0.05) is 23.9 Å². The first-order valence-corrected chi connectivity index (χ1v) is 17.6. The monoisotopic (exact) mass is 774 g/mol. The molecule has 0 aliphatic rings. The van der Waals surface area contributed by atoms with E-state index in [1.807, 2.05) is 20.8 Å². The molecule has 3 rings (SSSR count). The van der Waals surface area contributed by atoms with Gasteiger partial charge in [-0.2, -0.15) is 0 Å². The highest BCUT2D eigenvalue weighted by Gasteiger charge is 2.22. The molecule has 1 aromatic heterocycles. The number of aromatic nitrogens is 2. The van der Waals surface area contributed by atoms with Crippen LogP contribution in [0.25, 0.3) is 0 Å². The molecule has 20 nitrogen and oxygen atoms in total. The first-order chi connectivity index (χ1) is 23.8. The van der Waals surface area contributed by atoms with Crippen LogP contribution in [0, 0.1) is 0 Å². The Morgan fingerprint density at radius 1 is 0.654 bits per heavy atom. The van der Waals surface area contributed by atoms with Gasteiger partial charge in [0.1, 0.15) is 0 Å². The Bertz CT molecular complexity index is 1750. The lowest BCUT2D eigenvalue weighted by atomic mass is 9.85. The Hall–Kier alpha value is -5.36. The van der Waals surface area contributed by atoms with E-state index in [9.17, 15) is 42.8 Å². The highest BCUT2D eigenvalue weighted by atomic mass is 31.2. The molecule has 0 bridgehead atoms. The number of benzene rings is 2. The van der Waals surface area contributed by atoms with Crippen LogP contribution in [-0.4, -0.2) is 104 Å². The molecule has 3 aromatic rings. The number of carboxylic acids is 6. The molecule has 2 aromatic carbocycles. The lowest BCUT2D eigenvalue weighted by Gasteiger charge is -2.20. The summed E-state index contributed by atoms with van der Waals surface area (Å²) >= 11 is 0. The van der Waals surface area contributed by atoms with Crippen molar-refractivity contribution in [2.45, 2.75) is 39.0 Å². The van der Waals surface area contributed by atoms with Gasteiger partial charge in [0.15, 0.2) is 11.4 Å². The molecule has 0 aliphatic heterocycles. The summed E-state index contributed by atoms with van der Waals surface area (Å²) in [6.07, 6.45) is 1.33. The molecule has 9 N–H and O–H groups in total. The van der Waals surface area contributed by atoms with Gasteiger partial charge in [-0.05, 0) is 41.3 Å². The number of aromatic carboxylic acids is 4. The van der Waals surface area contributed by atoms with Crippen LogP contribution in [0.3, 0.4) is 0 Å². The van der Waals surface area contributed by atoms with Crippen molar-refractivity contribution in [1.82, 2.24) is 9.97 Å². The van der Waals surface area contributed by atoms with E-state index in [2.05, 4.69) is 14.5 Å². The van der Waals surface area contributed by atoms with E-state index in [0.717, 1.165) is 12.4 Å². The Morgan fingerprint density at radius 3 is 1.40 bits per heavy atom. The quantitative estimate of drug-likeness (QED) is 0.119. The predicted molar refractivity (Wildman–Crippen MR) is 178 cm³/mol. The summed E-state index contributed by atoms with van der Waals surface area (Å²) in [7, 11) is -7.96. The van der Waals surface area contributed by atoms with Crippen molar-refractivity contribution in [3.8, 4) is 0 Å². The molecule has 0 saturated heterocycles. The molecule has 0 radical (unpaired) electrons. The van der Waals surface area contributed by atoms with Crippen LogP contribution in [-0.2, 0) is 28.7 Å². The number of phosphoric acid groups is 1. The van der Waals surface area contributed by atoms with E-state index in [1.54, 1.807) is 18.2 Å². The lowest BCUT2D eigenvalue weighted by molar-refractivity contribution is -0.138. The summed E-state index contributed by atoms with van der Waals surface area (Å²) in [6.45, 7) is 5.23. The van der Waals surface area contributed by atoms with Gasteiger partial charge < -0.3 is 45.3 Å². The van der Waals surface area contributed by atoms with Crippen molar-refractivity contribution in [1.29, 1.82) is 0 Å². The molecule has 0 fully saturated rings. The fraction of sp³-hybridized carbons (Fsp3) is 0.267. The Morgan fingerprint density at radius 2 is 1.08 bits per heavy atom. The third kappa shape index (κ3) is 19.1. The van der Waals surface area contributed by atoms with E-state index in [0.29, 0.717) is 10.9 Å². The second-order valence-electron chi connectivity index (χ2n) is 10.9. The second kappa shape index (κ2) is 21.1. The Kier molecular flexibility index (Phi) is 18.9. The number of rotatable bonds is 12.